The summed E-state index contributed by atoms with van der Waals surface area (Å²) < 4.78 is 6.61. The van der Waals surface area contributed by atoms with E-state index in [-0.39, 0.29) is 5.91 Å². The average molecular weight is 484 g/mol. The van der Waals surface area contributed by atoms with E-state index in [1.807, 2.05) is 22.7 Å². The molecular formula is C26H33N3O2S2. The van der Waals surface area contributed by atoms with Crippen LogP contribution in [-0.4, -0.2) is 60.9 Å². The molecule has 1 aliphatic heterocycles. The number of carbonyl (C=O) groups excluding carboxylic acids is 1. The average Bonchev–Trinajstić information content (AvgIpc) is 3.28. The summed E-state index contributed by atoms with van der Waals surface area (Å²) >= 11 is 3.45. The molecule has 33 heavy (non-hydrogen) atoms. The number of hydrogen-bond acceptors (Lipinski definition) is 6. The molecule has 0 saturated carbocycles. The Hall–Kier alpha value is -1.93. The van der Waals surface area contributed by atoms with Crippen molar-refractivity contribution in [2.45, 2.75) is 38.0 Å². The van der Waals surface area contributed by atoms with Crippen molar-refractivity contribution in [3.8, 4) is 0 Å². The number of benzene rings is 2. The SMILES string of the molecule is Cc1ccc2sc(N(CCCN3CCOCC3)C(=O)CCCSc3ccccc3)nc2c1C. The summed E-state index contributed by atoms with van der Waals surface area (Å²) in [4.78, 5) is 23.9. The predicted octanol–water partition coefficient (Wildman–Crippen LogP) is 5.54. The van der Waals surface area contributed by atoms with Gasteiger partial charge in [0.05, 0.1) is 23.4 Å². The van der Waals surface area contributed by atoms with Gasteiger partial charge in [0.2, 0.25) is 5.91 Å². The molecule has 3 aromatic rings. The number of nitrogens with zero attached hydrogens (tertiary/aromatic N) is 3. The maximum Gasteiger partial charge on any atom is 0.228 e. The number of carbonyl (C=O) groups is 1. The zero-order chi connectivity index (χ0) is 23.0. The number of rotatable bonds is 10. The van der Waals surface area contributed by atoms with E-state index in [1.54, 1.807) is 11.3 Å². The summed E-state index contributed by atoms with van der Waals surface area (Å²) in [5, 5.41) is 0.835. The van der Waals surface area contributed by atoms with Crippen LogP contribution in [0, 0.1) is 13.8 Å². The van der Waals surface area contributed by atoms with E-state index >= 15 is 0 Å². The topological polar surface area (TPSA) is 45.7 Å². The van der Waals surface area contributed by atoms with Crippen LogP contribution in [0.5, 0.6) is 0 Å². The first-order valence-electron chi connectivity index (χ1n) is 11.8. The Labute approximate surface area is 205 Å². The summed E-state index contributed by atoms with van der Waals surface area (Å²) in [6.45, 7) is 9.49. The van der Waals surface area contributed by atoms with Gasteiger partial charge < -0.3 is 4.74 Å². The van der Waals surface area contributed by atoms with Gasteiger partial charge >= 0.3 is 0 Å². The largest absolute Gasteiger partial charge is 0.379 e. The second-order valence-corrected chi connectivity index (χ2v) is 10.6. The van der Waals surface area contributed by atoms with Crippen LogP contribution in [0.1, 0.15) is 30.4 Å². The third-order valence-corrected chi connectivity index (χ3v) is 8.25. The molecule has 0 N–H and O–H groups in total. The Bertz CT molecular complexity index is 1050. The van der Waals surface area contributed by atoms with Crippen LogP contribution < -0.4 is 4.90 Å². The van der Waals surface area contributed by atoms with Crippen molar-refractivity contribution in [2.75, 3.05) is 50.0 Å². The van der Waals surface area contributed by atoms with E-state index in [9.17, 15) is 4.79 Å². The van der Waals surface area contributed by atoms with Gasteiger partial charge in [0.25, 0.3) is 0 Å². The van der Waals surface area contributed by atoms with E-state index in [0.29, 0.717) is 13.0 Å². The van der Waals surface area contributed by atoms with Crippen molar-refractivity contribution in [1.82, 2.24) is 9.88 Å². The van der Waals surface area contributed by atoms with Gasteiger partial charge in [-0.05, 0) is 61.8 Å². The Morgan fingerprint density at radius 3 is 2.70 bits per heavy atom. The van der Waals surface area contributed by atoms with Gasteiger partial charge in [-0.2, -0.15) is 0 Å². The molecular weight excluding hydrogens is 450 g/mol. The maximum atomic E-state index is 13.3. The van der Waals surface area contributed by atoms with E-state index in [4.69, 9.17) is 9.72 Å². The van der Waals surface area contributed by atoms with E-state index in [1.165, 1.54) is 16.0 Å². The van der Waals surface area contributed by atoms with Crippen molar-refractivity contribution in [3.63, 3.8) is 0 Å². The molecule has 0 bridgehead atoms. The van der Waals surface area contributed by atoms with Gasteiger partial charge in [0.15, 0.2) is 5.13 Å². The molecule has 2 aromatic carbocycles. The highest BCUT2D eigenvalue weighted by Crippen LogP contribution is 2.32. The van der Waals surface area contributed by atoms with Crippen LogP contribution in [-0.2, 0) is 9.53 Å². The highest BCUT2D eigenvalue weighted by molar-refractivity contribution is 7.99. The molecule has 5 nitrogen and oxygen atoms in total. The lowest BCUT2D eigenvalue weighted by Crippen LogP contribution is -2.39. The molecule has 0 unspecified atom stereocenters. The van der Waals surface area contributed by atoms with Gasteiger partial charge in [0.1, 0.15) is 0 Å². The number of aromatic nitrogens is 1. The van der Waals surface area contributed by atoms with Crippen LogP contribution >= 0.6 is 23.1 Å². The Morgan fingerprint density at radius 2 is 1.91 bits per heavy atom. The predicted molar refractivity (Wildman–Crippen MR) is 140 cm³/mol. The number of fused-ring (bicyclic) bond motifs is 1. The molecule has 1 aliphatic rings. The third-order valence-electron chi connectivity index (χ3n) is 6.11. The molecule has 1 aromatic heterocycles. The molecule has 4 rings (SSSR count). The zero-order valence-corrected chi connectivity index (χ0v) is 21.2. The van der Waals surface area contributed by atoms with Gasteiger partial charge in [0, 0.05) is 37.5 Å². The number of hydrogen-bond donors (Lipinski definition) is 0. The first-order chi connectivity index (χ1) is 16.1. The molecule has 2 heterocycles. The van der Waals surface area contributed by atoms with Crippen molar-refractivity contribution in [1.29, 1.82) is 0 Å². The van der Waals surface area contributed by atoms with E-state index in [0.717, 1.165) is 66.8 Å². The number of anilines is 1. The van der Waals surface area contributed by atoms with E-state index in [2.05, 4.69) is 55.1 Å². The Morgan fingerprint density at radius 1 is 1.12 bits per heavy atom. The third kappa shape index (κ3) is 6.57. The first-order valence-corrected chi connectivity index (χ1v) is 13.6. The molecule has 0 spiro atoms. The zero-order valence-electron chi connectivity index (χ0n) is 19.6. The summed E-state index contributed by atoms with van der Waals surface area (Å²) in [5.41, 5.74) is 3.47. The lowest BCUT2D eigenvalue weighted by Gasteiger charge is -2.27. The Balaban J connectivity index is 1.41. The minimum atomic E-state index is 0.180. The maximum absolute atomic E-state index is 13.3. The minimum Gasteiger partial charge on any atom is -0.379 e. The quantitative estimate of drug-likeness (QED) is 0.280. The van der Waals surface area contributed by atoms with Crippen LogP contribution in [0.15, 0.2) is 47.4 Å². The van der Waals surface area contributed by atoms with Crippen LogP contribution in [0.4, 0.5) is 5.13 Å². The second kappa shape index (κ2) is 12.0. The van der Waals surface area contributed by atoms with Crippen molar-refractivity contribution in [2.24, 2.45) is 0 Å². The van der Waals surface area contributed by atoms with Crippen molar-refractivity contribution in [3.05, 3.63) is 53.6 Å². The Kier molecular flexibility index (Phi) is 8.78. The summed E-state index contributed by atoms with van der Waals surface area (Å²) in [6, 6.07) is 14.7. The second-order valence-electron chi connectivity index (χ2n) is 8.47. The molecule has 0 aliphatic carbocycles. The molecule has 7 heteroatoms. The smallest absolute Gasteiger partial charge is 0.228 e. The number of aryl methyl sites for hydroxylation is 2. The highest BCUT2D eigenvalue weighted by Gasteiger charge is 2.21. The summed E-state index contributed by atoms with van der Waals surface area (Å²) in [5.74, 6) is 1.12. The van der Waals surface area contributed by atoms with E-state index < -0.39 is 0 Å². The fourth-order valence-corrected chi connectivity index (χ4v) is 5.94. The summed E-state index contributed by atoms with van der Waals surface area (Å²) in [7, 11) is 0. The number of amides is 1. The van der Waals surface area contributed by atoms with Crippen LogP contribution in [0.3, 0.4) is 0 Å². The highest BCUT2D eigenvalue weighted by atomic mass is 32.2. The lowest BCUT2D eigenvalue weighted by molar-refractivity contribution is -0.118. The fraction of sp³-hybridized carbons (Fsp3) is 0.462. The van der Waals surface area contributed by atoms with Crippen LogP contribution in [0.2, 0.25) is 0 Å². The normalized spacial score (nSPS) is 14.6. The van der Waals surface area contributed by atoms with Gasteiger partial charge in [-0.15, -0.1) is 11.8 Å². The minimum absolute atomic E-state index is 0.180. The molecule has 176 valence electrons. The first kappa shape index (κ1) is 24.2. The number of thioether (sulfide) groups is 1. The number of ether oxygens (including phenoxy) is 1. The summed E-state index contributed by atoms with van der Waals surface area (Å²) in [6.07, 6.45) is 2.35. The molecule has 1 amide bonds. The molecule has 0 radical (unpaired) electrons. The number of thiazole rings is 1. The fourth-order valence-electron chi connectivity index (χ4n) is 4.00. The lowest BCUT2D eigenvalue weighted by atomic mass is 10.1. The molecule has 1 saturated heterocycles. The van der Waals surface area contributed by atoms with Gasteiger partial charge in [-0.3, -0.25) is 14.6 Å². The van der Waals surface area contributed by atoms with Crippen molar-refractivity contribution < 1.29 is 9.53 Å². The van der Waals surface area contributed by atoms with Gasteiger partial charge in [-0.1, -0.05) is 35.6 Å². The van der Waals surface area contributed by atoms with Crippen LogP contribution in [0.25, 0.3) is 10.2 Å². The number of morpholine rings is 1. The molecule has 1 fully saturated rings. The van der Waals surface area contributed by atoms with Gasteiger partial charge in [-0.25, -0.2) is 4.98 Å². The monoisotopic (exact) mass is 483 g/mol. The molecule has 0 atom stereocenters. The standard InChI is InChI=1S/C26H33N3O2S2/c1-20-11-12-23-25(21(20)2)27-26(33-23)29(14-7-13-28-15-17-31-18-16-28)24(30)10-6-19-32-22-8-4-3-5-9-22/h3-5,8-9,11-12H,6-7,10,13-19H2,1-2H3. The van der Waals surface area contributed by atoms with Crippen molar-refractivity contribution >= 4 is 44.4 Å².